The summed E-state index contributed by atoms with van der Waals surface area (Å²) in [5, 5.41) is 4.24. The minimum atomic E-state index is -0.126. The number of amides is 1. The molecule has 1 amide bonds. The van der Waals surface area contributed by atoms with Gasteiger partial charge in [0.2, 0.25) is 0 Å². The Balaban J connectivity index is 2.38. The van der Waals surface area contributed by atoms with Gasteiger partial charge in [0.1, 0.15) is 0 Å². The van der Waals surface area contributed by atoms with Crippen LogP contribution in [0.3, 0.4) is 0 Å². The molecule has 0 fully saturated rings. The van der Waals surface area contributed by atoms with Gasteiger partial charge in [0.05, 0.1) is 11.4 Å². The molecule has 1 heterocycles. The molecule has 0 bridgehead atoms. The van der Waals surface area contributed by atoms with Gasteiger partial charge < -0.3 is 10.6 Å². The van der Waals surface area contributed by atoms with Crippen LogP contribution >= 0.6 is 0 Å². The molecule has 5 nitrogen and oxygen atoms in total. The highest BCUT2D eigenvalue weighted by Gasteiger charge is 2.12. The number of aryl methyl sites for hydroxylation is 1. The molecule has 18 heavy (non-hydrogen) atoms. The lowest BCUT2D eigenvalue weighted by molar-refractivity contribution is 0.0821. The highest BCUT2D eigenvalue weighted by molar-refractivity contribution is 5.91. The van der Waals surface area contributed by atoms with Gasteiger partial charge in [-0.05, 0) is 30.7 Å². The lowest BCUT2D eigenvalue weighted by Gasteiger charge is -2.08. The maximum atomic E-state index is 11.7. The van der Waals surface area contributed by atoms with E-state index in [1.54, 1.807) is 31.0 Å². The first-order valence-electron chi connectivity index (χ1n) is 5.63. The van der Waals surface area contributed by atoms with Gasteiger partial charge in [-0.3, -0.25) is 4.79 Å². The summed E-state index contributed by atoms with van der Waals surface area (Å²) in [6.07, 6.45) is 1.73. The number of benzene rings is 1. The van der Waals surface area contributed by atoms with E-state index in [0.29, 0.717) is 11.4 Å². The fourth-order valence-electron chi connectivity index (χ4n) is 1.68. The summed E-state index contributed by atoms with van der Waals surface area (Å²) in [5.41, 5.74) is 8.85. The van der Waals surface area contributed by atoms with Gasteiger partial charge in [0.25, 0.3) is 5.91 Å². The van der Waals surface area contributed by atoms with Crippen LogP contribution in [-0.2, 0) is 0 Å². The Kier molecular flexibility index (Phi) is 3.06. The molecular weight excluding hydrogens is 228 g/mol. The molecule has 0 aliphatic carbocycles. The van der Waals surface area contributed by atoms with Gasteiger partial charge in [-0.15, -0.1) is 0 Å². The molecule has 94 valence electrons. The van der Waals surface area contributed by atoms with Crippen LogP contribution < -0.4 is 5.73 Å². The molecular formula is C13H16N4O. The van der Waals surface area contributed by atoms with E-state index >= 15 is 0 Å². The molecule has 1 aromatic carbocycles. The summed E-state index contributed by atoms with van der Waals surface area (Å²) >= 11 is 0. The summed E-state index contributed by atoms with van der Waals surface area (Å²) in [6.45, 7) is 1.98. The topological polar surface area (TPSA) is 64.2 Å². The van der Waals surface area contributed by atoms with Gasteiger partial charge in [-0.2, -0.15) is 5.10 Å². The third-order valence-corrected chi connectivity index (χ3v) is 2.64. The normalized spacial score (nSPS) is 10.4. The van der Waals surface area contributed by atoms with Crippen molar-refractivity contribution in [3.05, 3.63) is 41.7 Å². The maximum Gasteiger partial charge on any atom is 0.273 e. The maximum absolute atomic E-state index is 11.7. The zero-order valence-corrected chi connectivity index (χ0v) is 10.7. The quantitative estimate of drug-likeness (QED) is 0.813. The smallest absolute Gasteiger partial charge is 0.273 e. The highest BCUT2D eigenvalue weighted by atomic mass is 16.2. The molecule has 2 N–H and O–H groups in total. The molecule has 2 aromatic rings. The number of nitrogens with zero attached hydrogens (tertiary/aromatic N) is 3. The van der Waals surface area contributed by atoms with Crippen LogP contribution in [0, 0.1) is 6.92 Å². The predicted molar refractivity (Wildman–Crippen MR) is 70.7 cm³/mol. The monoisotopic (exact) mass is 244 g/mol. The minimum Gasteiger partial charge on any atom is -0.397 e. The summed E-state index contributed by atoms with van der Waals surface area (Å²) < 4.78 is 1.62. The summed E-state index contributed by atoms with van der Waals surface area (Å²) in [4.78, 5) is 13.2. The Morgan fingerprint density at radius 2 is 2.06 bits per heavy atom. The Morgan fingerprint density at radius 1 is 1.33 bits per heavy atom. The number of nitrogens with two attached hydrogens (primary N) is 1. The number of anilines is 1. The predicted octanol–water partition coefficient (Wildman–Crippen LogP) is 1.46. The van der Waals surface area contributed by atoms with Gasteiger partial charge in [-0.25, -0.2) is 4.68 Å². The first-order chi connectivity index (χ1) is 8.49. The van der Waals surface area contributed by atoms with E-state index in [0.717, 1.165) is 11.3 Å². The molecule has 0 radical (unpaired) electrons. The Labute approximate surface area is 106 Å². The average Bonchev–Trinajstić information content (AvgIpc) is 2.77. The van der Waals surface area contributed by atoms with Crippen LogP contribution in [0.1, 0.15) is 16.1 Å². The molecule has 0 saturated heterocycles. The van der Waals surface area contributed by atoms with Crippen LogP contribution in [0.5, 0.6) is 0 Å². The molecule has 0 aliphatic heterocycles. The molecule has 0 unspecified atom stereocenters. The number of hydrogen-bond donors (Lipinski definition) is 1. The molecule has 0 aliphatic rings. The van der Waals surface area contributed by atoms with E-state index in [9.17, 15) is 4.79 Å². The van der Waals surface area contributed by atoms with E-state index in [2.05, 4.69) is 5.10 Å². The molecule has 0 spiro atoms. The minimum absolute atomic E-state index is 0.126. The number of carbonyl (C=O) groups excluding carboxylic acids is 1. The highest BCUT2D eigenvalue weighted by Crippen LogP contribution is 2.18. The largest absolute Gasteiger partial charge is 0.397 e. The molecule has 0 saturated carbocycles. The van der Waals surface area contributed by atoms with E-state index < -0.39 is 0 Å². The summed E-state index contributed by atoms with van der Waals surface area (Å²) in [7, 11) is 3.39. The van der Waals surface area contributed by atoms with Crippen LogP contribution in [0.25, 0.3) is 5.69 Å². The third-order valence-electron chi connectivity index (χ3n) is 2.64. The zero-order chi connectivity index (χ0) is 13.3. The van der Waals surface area contributed by atoms with Gasteiger partial charge in [0.15, 0.2) is 5.69 Å². The third kappa shape index (κ3) is 2.20. The van der Waals surface area contributed by atoms with E-state index in [4.69, 9.17) is 5.73 Å². The second kappa shape index (κ2) is 4.52. The number of hydrogen-bond acceptors (Lipinski definition) is 3. The van der Waals surface area contributed by atoms with Crippen molar-refractivity contribution in [3.8, 4) is 5.69 Å². The molecule has 2 rings (SSSR count). The lowest BCUT2D eigenvalue weighted by Crippen LogP contribution is -2.22. The van der Waals surface area contributed by atoms with Gasteiger partial charge >= 0.3 is 0 Å². The van der Waals surface area contributed by atoms with Crippen molar-refractivity contribution >= 4 is 11.6 Å². The van der Waals surface area contributed by atoms with Crippen LogP contribution in [0.4, 0.5) is 5.69 Å². The number of rotatable bonds is 2. The van der Waals surface area contributed by atoms with Crippen molar-refractivity contribution in [1.29, 1.82) is 0 Å². The summed E-state index contributed by atoms with van der Waals surface area (Å²) in [6, 6.07) is 7.41. The van der Waals surface area contributed by atoms with Crippen molar-refractivity contribution in [2.24, 2.45) is 0 Å². The fraction of sp³-hybridized carbons (Fsp3) is 0.231. The van der Waals surface area contributed by atoms with Crippen LogP contribution in [-0.4, -0.2) is 34.7 Å². The van der Waals surface area contributed by atoms with Crippen molar-refractivity contribution < 1.29 is 4.79 Å². The first kappa shape index (κ1) is 12.2. The average molecular weight is 244 g/mol. The van der Waals surface area contributed by atoms with Crippen molar-refractivity contribution in [2.75, 3.05) is 19.8 Å². The second-order valence-corrected chi connectivity index (χ2v) is 4.41. The molecule has 0 atom stereocenters. The Bertz CT molecular complexity index is 586. The lowest BCUT2D eigenvalue weighted by atomic mass is 10.2. The van der Waals surface area contributed by atoms with E-state index in [1.807, 2.05) is 25.1 Å². The van der Waals surface area contributed by atoms with Gasteiger partial charge in [0, 0.05) is 20.3 Å². The number of aromatic nitrogens is 2. The molecule has 1 aromatic heterocycles. The fourth-order valence-corrected chi connectivity index (χ4v) is 1.68. The van der Waals surface area contributed by atoms with Crippen LogP contribution in [0.2, 0.25) is 0 Å². The SMILES string of the molecule is Cc1ccc(-n2ccc(C(=O)N(C)C)n2)c(N)c1. The van der Waals surface area contributed by atoms with Crippen molar-refractivity contribution in [1.82, 2.24) is 14.7 Å². The Morgan fingerprint density at radius 3 is 2.67 bits per heavy atom. The summed E-state index contributed by atoms with van der Waals surface area (Å²) in [5.74, 6) is -0.126. The Hall–Kier alpha value is -2.30. The number of carbonyl (C=O) groups is 1. The standard InChI is InChI=1S/C13H16N4O/c1-9-4-5-12(10(14)8-9)17-7-6-11(15-17)13(18)16(2)3/h4-8H,14H2,1-3H3. The van der Waals surface area contributed by atoms with Crippen LogP contribution in [0.15, 0.2) is 30.5 Å². The zero-order valence-electron chi connectivity index (χ0n) is 10.7. The first-order valence-corrected chi connectivity index (χ1v) is 5.63. The molecule has 5 heteroatoms. The van der Waals surface area contributed by atoms with Crippen molar-refractivity contribution in [3.63, 3.8) is 0 Å². The number of nitrogen functional groups attached to an aromatic ring is 1. The van der Waals surface area contributed by atoms with E-state index in [1.165, 1.54) is 4.90 Å². The van der Waals surface area contributed by atoms with E-state index in [-0.39, 0.29) is 5.91 Å². The van der Waals surface area contributed by atoms with Crippen molar-refractivity contribution in [2.45, 2.75) is 6.92 Å². The van der Waals surface area contributed by atoms with Gasteiger partial charge in [-0.1, -0.05) is 6.07 Å². The second-order valence-electron chi connectivity index (χ2n) is 4.41.